The average Bonchev–Trinajstić information content (AvgIpc) is 2.82. The van der Waals surface area contributed by atoms with Gasteiger partial charge in [0, 0.05) is 5.56 Å². The third-order valence-corrected chi connectivity index (χ3v) is 5.69. The fourth-order valence-corrected chi connectivity index (χ4v) is 4.14. The Balaban J connectivity index is 1.91. The second-order valence-electron chi connectivity index (χ2n) is 5.31. The van der Waals surface area contributed by atoms with E-state index in [4.69, 9.17) is 9.47 Å². The van der Waals surface area contributed by atoms with Gasteiger partial charge >= 0.3 is 0 Å². The van der Waals surface area contributed by atoms with Crippen LogP contribution in [0.3, 0.4) is 0 Å². The molecule has 2 aromatic carbocycles. The van der Waals surface area contributed by atoms with Gasteiger partial charge in [0.25, 0.3) is 15.9 Å². The molecule has 2 aromatic rings. The second-order valence-corrected chi connectivity index (χ2v) is 7.14. The highest BCUT2D eigenvalue weighted by Crippen LogP contribution is 2.31. The lowest BCUT2D eigenvalue weighted by Gasteiger charge is -2.15. The van der Waals surface area contributed by atoms with Crippen LogP contribution in [0.4, 0.5) is 0 Å². The molecule has 0 saturated heterocycles. The molecule has 1 heterocycles. The molecule has 0 radical (unpaired) electrons. The molecule has 0 bridgehead atoms. The first-order chi connectivity index (χ1) is 11.9. The predicted octanol–water partition coefficient (Wildman–Crippen LogP) is 1.73. The average molecular weight is 361 g/mol. The Hall–Kier alpha value is -2.87. The Bertz CT molecular complexity index is 967. The maximum atomic E-state index is 12.5. The molecule has 0 atom stereocenters. The minimum atomic E-state index is -4.02. The summed E-state index contributed by atoms with van der Waals surface area (Å²) in [6, 6.07) is 10.4. The van der Waals surface area contributed by atoms with Crippen LogP contribution in [0.2, 0.25) is 0 Å². The first kappa shape index (κ1) is 17.0. The molecule has 0 aromatic heterocycles. The van der Waals surface area contributed by atoms with E-state index >= 15 is 0 Å². The maximum Gasteiger partial charge on any atom is 0.269 e. The number of carbonyl (C=O) groups is 2. The van der Waals surface area contributed by atoms with Crippen LogP contribution in [-0.2, 0) is 10.0 Å². The number of hydrogen-bond acceptors (Lipinski definition) is 6. The molecule has 8 heteroatoms. The Morgan fingerprint density at radius 2 is 1.72 bits per heavy atom. The lowest BCUT2D eigenvalue weighted by Crippen LogP contribution is -2.35. The normalized spacial score (nSPS) is 15.0. The molecular weight excluding hydrogens is 346 g/mol. The van der Waals surface area contributed by atoms with Crippen LogP contribution >= 0.6 is 0 Å². The van der Waals surface area contributed by atoms with Gasteiger partial charge in [-0.25, -0.2) is 12.7 Å². The lowest BCUT2D eigenvalue weighted by atomic mass is 10.1. The Morgan fingerprint density at radius 3 is 2.36 bits per heavy atom. The van der Waals surface area contributed by atoms with E-state index in [1.807, 2.05) is 0 Å². The highest BCUT2D eigenvalue weighted by Gasteiger charge is 2.41. The van der Waals surface area contributed by atoms with E-state index < -0.39 is 28.3 Å². The molecule has 0 fully saturated rings. The van der Waals surface area contributed by atoms with Crippen molar-refractivity contribution in [2.75, 3.05) is 20.8 Å². The number of Topliss-reactive ketones (excluding diaryl/α,β-unsaturated/α-hetero) is 1. The van der Waals surface area contributed by atoms with E-state index in [0.717, 1.165) is 0 Å². The van der Waals surface area contributed by atoms with Crippen molar-refractivity contribution in [1.29, 1.82) is 0 Å². The quantitative estimate of drug-likeness (QED) is 0.754. The van der Waals surface area contributed by atoms with Gasteiger partial charge in [-0.05, 0) is 30.3 Å². The fraction of sp³-hybridized carbons (Fsp3) is 0.176. The Labute approximate surface area is 144 Å². The van der Waals surface area contributed by atoms with Crippen LogP contribution in [0, 0.1) is 0 Å². The Morgan fingerprint density at radius 1 is 1.04 bits per heavy atom. The fourth-order valence-electron chi connectivity index (χ4n) is 2.62. The molecule has 0 aliphatic carbocycles. The highest BCUT2D eigenvalue weighted by atomic mass is 32.2. The van der Waals surface area contributed by atoms with Gasteiger partial charge in [0.15, 0.2) is 17.3 Å². The van der Waals surface area contributed by atoms with Crippen molar-refractivity contribution >= 4 is 21.7 Å². The standard InChI is InChI=1S/C17H15NO6S/c1-23-14-8-7-11(9-15(14)24-2)13(19)10-18-17(20)12-5-3-4-6-16(12)25(18,21)22/h3-9H,10H2,1-2H3. The SMILES string of the molecule is COc1ccc(C(=O)CN2C(=O)c3ccccc3S2(=O)=O)cc1OC. The monoisotopic (exact) mass is 361 g/mol. The number of benzene rings is 2. The summed E-state index contributed by atoms with van der Waals surface area (Å²) in [5.41, 5.74) is 0.291. The number of hydrogen-bond donors (Lipinski definition) is 0. The number of ether oxygens (including phenoxy) is 2. The summed E-state index contributed by atoms with van der Waals surface area (Å²) in [5, 5.41) is 0. The molecule has 0 saturated carbocycles. The van der Waals surface area contributed by atoms with Crippen molar-refractivity contribution in [3.05, 3.63) is 53.6 Å². The van der Waals surface area contributed by atoms with E-state index in [2.05, 4.69) is 0 Å². The van der Waals surface area contributed by atoms with Gasteiger partial charge in [0.1, 0.15) is 11.4 Å². The maximum absolute atomic E-state index is 12.5. The van der Waals surface area contributed by atoms with Crippen molar-refractivity contribution in [2.45, 2.75) is 4.90 Å². The summed E-state index contributed by atoms with van der Waals surface area (Å²) < 4.78 is 35.8. The van der Waals surface area contributed by atoms with Gasteiger partial charge in [0.2, 0.25) is 0 Å². The summed E-state index contributed by atoms with van der Waals surface area (Å²) >= 11 is 0. The van der Waals surface area contributed by atoms with Gasteiger partial charge in [-0.2, -0.15) is 0 Å². The summed E-state index contributed by atoms with van der Waals surface area (Å²) in [7, 11) is -1.13. The zero-order chi connectivity index (χ0) is 18.2. The summed E-state index contributed by atoms with van der Waals surface area (Å²) in [5.74, 6) is -0.446. The first-order valence-corrected chi connectivity index (χ1v) is 8.75. The number of carbonyl (C=O) groups excluding carboxylic acids is 2. The van der Waals surface area contributed by atoms with Crippen molar-refractivity contribution in [3.63, 3.8) is 0 Å². The van der Waals surface area contributed by atoms with E-state index in [9.17, 15) is 18.0 Å². The van der Waals surface area contributed by atoms with Crippen LogP contribution in [-0.4, -0.2) is 45.2 Å². The van der Waals surface area contributed by atoms with Gasteiger partial charge in [-0.1, -0.05) is 12.1 Å². The van der Waals surface area contributed by atoms with Crippen LogP contribution in [0.15, 0.2) is 47.4 Å². The van der Waals surface area contributed by atoms with Gasteiger partial charge in [0.05, 0.1) is 19.8 Å². The molecule has 0 spiro atoms. The van der Waals surface area contributed by atoms with E-state index in [-0.39, 0.29) is 16.0 Å². The van der Waals surface area contributed by atoms with Gasteiger partial charge in [-0.3, -0.25) is 9.59 Å². The minimum Gasteiger partial charge on any atom is -0.493 e. The molecule has 0 N–H and O–H groups in total. The van der Waals surface area contributed by atoms with Crippen molar-refractivity contribution < 1.29 is 27.5 Å². The van der Waals surface area contributed by atoms with E-state index in [1.54, 1.807) is 12.1 Å². The van der Waals surface area contributed by atoms with Gasteiger partial charge in [-0.15, -0.1) is 0 Å². The lowest BCUT2D eigenvalue weighted by molar-refractivity contribution is 0.0820. The topological polar surface area (TPSA) is 90.0 Å². The number of fused-ring (bicyclic) bond motifs is 1. The van der Waals surface area contributed by atoms with Gasteiger partial charge < -0.3 is 9.47 Å². The van der Waals surface area contributed by atoms with Crippen LogP contribution < -0.4 is 9.47 Å². The van der Waals surface area contributed by atoms with Crippen molar-refractivity contribution in [1.82, 2.24) is 4.31 Å². The predicted molar refractivity (Wildman–Crippen MR) is 88.5 cm³/mol. The minimum absolute atomic E-state index is 0.0719. The smallest absolute Gasteiger partial charge is 0.269 e. The van der Waals surface area contributed by atoms with Crippen LogP contribution in [0.25, 0.3) is 0 Å². The van der Waals surface area contributed by atoms with Crippen LogP contribution in [0.5, 0.6) is 11.5 Å². The highest BCUT2D eigenvalue weighted by molar-refractivity contribution is 7.90. The first-order valence-electron chi connectivity index (χ1n) is 7.31. The van der Waals surface area contributed by atoms with E-state index in [0.29, 0.717) is 15.8 Å². The summed E-state index contributed by atoms with van der Waals surface area (Å²) in [6.45, 7) is -0.578. The molecule has 1 aliphatic rings. The second kappa shape index (κ2) is 6.21. The number of methoxy groups -OCH3 is 2. The number of amides is 1. The number of ketones is 1. The molecule has 3 rings (SSSR count). The number of nitrogens with zero attached hydrogens (tertiary/aromatic N) is 1. The summed E-state index contributed by atoms with van der Waals surface area (Å²) in [4.78, 5) is 24.8. The van der Waals surface area contributed by atoms with Crippen LogP contribution in [0.1, 0.15) is 20.7 Å². The number of rotatable bonds is 5. The van der Waals surface area contributed by atoms with Crippen molar-refractivity contribution in [3.8, 4) is 11.5 Å². The molecule has 0 unspecified atom stereocenters. The molecule has 1 aliphatic heterocycles. The molecule has 1 amide bonds. The zero-order valence-electron chi connectivity index (χ0n) is 13.6. The number of sulfonamides is 1. The molecule has 130 valence electrons. The molecular formula is C17H15NO6S. The zero-order valence-corrected chi connectivity index (χ0v) is 14.4. The largest absolute Gasteiger partial charge is 0.493 e. The summed E-state index contributed by atoms with van der Waals surface area (Å²) in [6.07, 6.45) is 0. The molecule has 7 nitrogen and oxygen atoms in total. The van der Waals surface area contributed by atoms with Crippen molar-refractivity contribution in [2.24, 2.45) is 0 Å². The molecule has 25 heavy (non-hydrogen) atoms. The third-order valence-electron chi connectivity index (χ3n) is 3.90. The van der Waals surface area contributed by atoms with E-state index in [1.165, 1.54) is 44.6 Å². The third kappa shape index (κ3) is 2.74. The Kier molecular flexibility index (Phi) is 4.22.